The first-order chi connectivity index (χ1) is 11.3. The Morgan fingerprint density at radius 2 is 1.79 bits per heavy atom. The summed E-state index contributed by atoms with van der Waals surface area (Å²) in [6, 6.07) is 7.87. The number of carboxylic acids is 1. The van der Waals surface area contributed by atoms with Crippen LogP contribution in [-0.4, -0.2) is 29.4 Å². The molecule has 24 heavy (non-hydrogen) atoms. The molecule has 0 bridgehead atoms. The Morgan fingerprint density at radius 1 is 1.21 bits per heavy atom. The number of carboxylic acid groups (broad SMARTS) is 1. The fourth-order valence-electron chi connectivity index (χ4n) is 2.46. The van der Waals surface area contributed by atoms with Crippen molar-refractivity contribution in [2.45, 2.75) is 34.1 Å². The lowest BCUT2D eigenvalue weighted by Gasteiger charge is -2.22. The molecule has 1 rings (SSSR count). The molecule has 0 aliphatic carbocycles. The number of carbonyl (C=O) groups excluding carboxylic acids is 1. The topological polar surface area (TPSA) is 57.6 Å². The van der Waals surface area contributed by atoms with Crippen LogP contribution in [0.1, 0.15) is 38.3 Å². The summed E-state index contributed by atoms with van der Waals surface area (Å²) in [4.78, 5) is 24.0. The third kappa shape index (κ3) is 4.95. The predicted octanol–water partition coefficient (Wildman–Crippen LogP) is 4.18. The van der Waals surface area contributed by atoms with E-state index >= 15 is 0 Å². The van der Waals surface area contributed by atoms with Crippen molar-refractivity contribution >= 4 is 18.0 Å². The number of hydrogen-bond donors (Lipinski definition) is 1. The molecule has 0 fully saturated rings. The zero-order chi connectivity index (χ0) is 18.3. The highest BCUT2D eigenvalue weighted by Crippen LogP contribution is 2.32. The second-order valence-corrected chi connectivity index (χ2v) is 5.89. The van der Waals surface area contributed by atoms with E-state index in [1.54, 1.807) is 7.05 Å². The first kappa shape index (κ1) is 19.4. The highest BCUT2D eigenvalue weighted by molar-refractivity contribution is 5.88. The molecular formula is C20H25NO3. The highest BCUT2D eigenvalue weighted by Gasteiger charge is 2.19. The van der Waals surface area contributed by atoms with Crippen molar-refractivity contribution in [3.05, 3.63) is 64.4 Å². The van der Waals surface area contributed by atoms with Gasteiger partial charge in [-0.1, -0.05) is 47.6 Å². The number of aliphatic carboxylic acids is 1. The third-order valence-electron chi connectivity index (χ3n) is 3.67. The minimum atomic E-state index is -0.975. The lowest BCUT2D eigenvalue weighted by Crippen LogP contribution is -2.20. The van der Waals surface area contributed by atoms with Crippen LogP contribution in [0.3, 0.4) is 0 Å². The third-order valence-corrected chi connectivity index (χ3v) is 3.67. The average Bonchev–Trinajstić information content (AvgIpc) is 2.53. The van der Waals surface area contributed by atoms with Crippen LogP contribution in [0.25, 0.3) is 5.57 Å². The molecule has 1 aromatic rings. The van der Waals surface area contributed by atoms with Crippen molar-refractivity contribution in [2.75, 3.05) is 7.05 Å². The molecule has 1 N–H and O–H groups in total. The molecule has 0 heterocycles. The van der Waals surface area contributed by atoms with Gasteiger partial charge < -0.3 is 10.0 Å². The zero-order valence-electron chi connectivity index (χ0n) is 15.0. The Labute approximate surface area is 143 Å². The number of amides is 1. The Morgan fingerprint density at radius 3 is 2.21 bits per heavy atom. The average molecular weight is 327 g/mol. The van der Waals surface area contributed by atoms with E-state index in [2.05, 4.69) is 0 Å². The maximum absolute atomic E-state index is 11.4. The summed E-state index contributed by atoms with van der Waals surface area (Å²) in [7, 11) is 1.58. The van der Waals surface area contributed by atoms with Crippen LogP contribution in [0.5, 0.6) is 0 Å². The number of rotatable bonds is 7. The molecule has 0 radical (unpaired) electrons. The van der Waals surface area contributed by atoms with Gasteiger partial charge in [-0.05, 0) is 38.8 Å². The summed E-state index contributed by atoms with van der Waals surface area (Å²) in [6.07, 6.45) is 4.28. The van der Waals surface area contributed by atoms with Gasteiger partial charge >= 0.3 is 5.97 Å². The van der Waals surface area contributed by atoms with E-state index in [4.69, 9.17) is 0 Å². The number of nitrogens with zero attached hydrogens (tertiary/aromatic N) is 1. The van der Waals surface area contributed by atoms with Gasteiger partial charge in [0, 0.05) is 18.3 Å². The molecule has 0 unspecified atom stereocenters. The van der Waals surface area contributed by atoms with Crippen LogP contribution < -0.4 is 0 Å². The molecule has 0 saturated heterocycles. The molecule has 4 heteroatoms. The highest BCUT2D eigenvalue weighted by atomic mass is 16.4. The summed E-state index contributed by atoms with van der Waals surface area (Å²) < 4.78 is 0. The molecular weight excluding hydrogens is 302 g/mol. The van der Waals surface area contributed by atoms with Crippen LogP contribution in [0, 0.1) is 6.92 Å². The first-order valence-corrected chi connectivity index (χ1v) is 7.82. The van der Waals surface area contributed by atoms with Crippen molar-refractivity contribution in [3.8, 4) is 0 Å². The van der Waals surface area contributed by atoms with Crippen LogP contribution in [0.2, 0.25) is 0 Å². The van der Waals surface area contributed by atoms with E-state index in [-0.39, 0.29) is 6.42 Å². The molecule has 0 aliphatic rings. The molecule has 0 aliphatic heterocycles. The van der Waals surface area contributed by atoms with Gasteiger partial charge in [-0.3, -0.25) is 9.59 Å². The second kappa shape index (κ2) is 8.87. The quantitative estimate of drug-likeness (QED) is 0.604. The number of carbonyl (C=O) groups is 2. The van der Waals surface area contributed by atoms with Crippen LogP contribution in [-0.2, 0) is 9.59 Å². The van der Waals surface area contributed by atoms with Crippen LogP contribution in [0.15, 0.2) is 53.3 Å². The van der Waals surface area contributed by atoms with Gasteiger partial charge in [0.15, 0.2) is 0 Å². The van der Waals surface area contributed by atoms with E-state index in [9.17, 15) is 14.7 Å². The van der Waals surface area contributed by atoms with E-state index in [1.807, 2.05) is 64.1 Å². The van der Waals surface area contributed by atoms with Gasteiger partial charge in [0.2, 0.25) is 6.41 Å². The lowest BCUT2D eigenvalue weighted by molar-refractivity contribution is -0.136. The van der Waals surface area contributed by atoms with Gasteiger partial charge in [0.05, 0.1) is 6.42 Å². The first-order valence-electron chi connectivity index (χ1n) is 7.82. The Hall–Kier alpha value is -2.62. The lowest BCUT2D eigenvalue weighted by atomic mass is 9.90. The number of hydrogen-bond acceptors (Lipinski definition) is 2. The predicted molar refractivity (Wildman–Crippen MR) is 97.4 cm³/mol. The minimum absolute atomic E-state index is 0.229. The van der Waals surface area contributed by atoms with Gasteiger partial charge in [0.25, 0.3) is 0 Å². The standard InChI is InChI=1S/C20H25NO3/c1-6-7-17(14(2)3)20(16-10-8-15(4)9-11-16)18(12-19(23)24)21(5)13-22/h6-11,13H,12H2,1-5H3,(H,23,24)/b7-6-,20-18-. The van der Waals surface area contributed by atoms with E-state index in [0.717, 1.165) is 27.8 Å². The molecule has 1 amide bonds. The normalized spacial score (nSPS) is 11.9. The number of allylic oxidation sites excluding steroid dienone is 5. The smallest absolute Gasteiger partial charge is 0.309 e. The Bertz CT molecular complexity index is 690. The summed E-state index contributed by atoms with van der Waals surface area (Å²) in [6.45, 7) is 7.86. The summed E-state index contributed by atoms with van der Waals surface area (Å²) >= 11 is 0. The van der Waals surface area contributed by atoms with Crippen molar-refractivity contribution in [2.24, 2.45) is 0 Å². The zero-order valence-corrected chi connectivity index (χ0v) is 15.0. The molecule has 1 aromatic carbocycles. The monoisotopic (exact) mass is 327 g/mol. The molecule has 0 spiro atoms. The maximum atomic E-state index is 11.4. The molecule has 4 nitrogen and oxygen atoms in total. The fraction of sp³-hybridized carbons (Fsp3) is 0.300. The van der Waals surface area contributed by atoms with Crippen molar-refractivity contribution < 1.29 is 14.7 Å². The molecule has 128 valence electrons. The SMILES string of the molecule is C/C=C\C(=C(C)C)/C(=C(/CC(=O)O)N(C)C=O)c1ccc(C)cc1. The summed E-state index contributed by atoms with van der Waals surface area (Å²) in [5.74, 6) is -0.975. The molecule has 0 atom stereocenters. The van der Waals surface area contributed by atoms with E-state index < -0.39 is 5.97 Å². The molecule has 0 saturated carbocycles. The van der Waals surface area contributed by atoms with Crippen molar-refractivity contribution in [1.82, 2.24) is 4.90 Å². The van der Waals surface area contributed by atoms with Gasteiger partial charge in [-0.15, -0.1) is 0 Å². The summed E-state index contributed by atoms with van der Waals surface area (Å²) in [5, 5.41) is 9.31. The largest absolute Gasteiger partial charge is 0.481 e. The van der Waals surface area contributed by atoms with Crippen LogP contribution in [0.4, 0.5) is 0 Å². The Kier molecular flexibility index (Phi) is 7.18. The molecule has 0 aromatic heterocycles. The number of benzene rings is 1. The van der Waals surface area contributed by atoms with Crippen LogP contribution >= 0.6 is 0 Å². The minimum Gasteiger partial charge on any atom is -0.481 e. The Balaban J connectivity index is 3.81. The number of aryl methyl sites for hydroxylation is 1. The second-order valence-electron chi connectivity index (χ2n) is 5.89. The van der Waals surface area contributed by atoms with Gasteiger partial charge in [-0.25, -0.2) is 0 Å². The van der Waals surface area contributed by atoms with Crippen molar-refractivity contribution in [1.29, 1.82) is 0 Å². The van der Waals surface area contributed by atoms with E-state index in [1.165, 1.54) is 4.90 Å². The van der Waals surface area contributed by atoms with Crippen molar-refractivity contribution in [3.63, 3.8) is 0 Å². The van der Waals surface area contributed by atoms with Gasteiger partial charge in [0.1, 0.15) is 0 Å². The van der Waals surface area contributed by atoms with Gasteiger partial charge in [-0.2, -0.15) is 0 Å². The fourth-order valence-corrected chi connectivity index (χ4v) is 2.46. The van der Waals surface area contributed by atoms with E-state index in [0.29, 0.717) is 12.1 Å². The maximum Gasteiger partial charge on any atom is 0.309 e. The summed E-state index contributed by atoms with van der Waals surface area (Å²) in [5.41, 5.74) is 5.21.